The van der Waals surface area contributed by atoms with Crippen molar-refractivity contribution in [2.45, 2.75) is 6.17 Å². The van der Waals surface area contributed by atoms with Crippen LogP contribution in [0.4, 0.5) is 5.69 Å². The van der Waals surface area contributed by atoms with E-state index >= 15 is 0 Å². The van der Waals surface area contributed by atoms with Crippen molar-refractivity contribution in [3.63, 3.8) is 0 Å². The van der Waals surface area contributed by atoms with Crippen LogP contribution in [0, 0.1) is 0 Å². The van der Waals surface area contributed by atoms with Crippen LogP contribution in [0.3, 0.4) is 0 Å². The molecule has 23 heavy (non-hydrogen) atoms. The summed E-state index contributed by atoms with van der Waals surface area (Å²) in [7, 11) is 0. The summed E-state index contributed by atoms with van der Waals surface area (Å²) in [6, 6.07) is 10.3. The van der Waals surface area contributed by atoms with Gasteiger partial charge in [-0.3, -0.25) is 9.79 Å². The zero-order chi connectivity index (χ0) is 15.9. The lowest BCUT2D eigenvalue weighted by Crippen LogP contribution is -2.33. The third kappa shape index (κ3) is 3.47. The molecule has 120 valence electrons. The fourth-order valence-corrected chi connectivity index (χ4v) is 3.24. The lowest BCUT2D eigenvalue weighted by Gasteiger charge is -2.13. The van der Waals surface area contributed by atoms with Crippen LogP contribution in [0.25, 0.3) is 0 Å². The number of anilines is 1. The first-order valence-electron chi connectivity index (χ1n) is 6.36. The highest BCUT2D eigenvalue weighted by Crippen LogP contribution is 2.33. The van der Waals surface area contributed by atoms with Crippen molar-refractivity contribution < 1.29 is 4.79 Å². The molecule has 2 aromatic rings. The molecular weight excluding hydrogens is 380 g/mol. The van der Waals surface area contributed by atoms with Gasteiger partial charge in [0.25, 0.3) is 5.91 Å². The fourth-order valence-electron chi connectivity index (χ4n) is 2.24. The van der Waals surface area contributed by atoms with Crippen LogP contribution in [-0.4, -0.2) is 17.8 Å². The van der Waals surface area contributed by atoms with Crippen molar-refractivity contribution in [1.29, 1.82) is 0 Å². The maximum atomic E-state index is 11.9. The number of para-hydroxylation sites is 1. The van der Waals surface area contributed by atoms with E-state index in [1.54, 1.807) is 24.3 Å². The Kier molecular flexibility index (Phi) is 5.55. The molecule has 1 heterocycles. The molecule has 0 aromatic heterocycles. The molecule has 1 aliphatic heterocycles. The number of nitrogens with two attached hydrogens (primary N) is 1. The number of amides is 1. The Morgan fingerprint density at radius 1 is 1.09 bits per heavy atom. The normalized spacial score (nSPS) is 16.6. The van der Waals surface area contributed by atoms with Gasteiger partial charge in [0.15, 0.2) is 6.17 Å². The maximum absolute atomic E-state index is 11.9. The first kappa shape index (κ1) is 18.0. The molecule has 1 amide bonds. The first-order chi connectivity index (χ1) is 10.5. The van der Waals surface area contributed by atoms with E-state index in [9.17, 15) is 4.79 Å². The molecule has 1 aliphatic rings. The van der Waals surface area contributed by atoms with E-state index in [1.165, 1.54) is 0 Å². The van der Waals surface area contributed by atoms with E-state index in [1.807, 2.05) is 12.1 Å². The van der Waals surface area contributed by atoms with Crippen molar-refractivity contribution >= 4 is 64.5 Å². The molecular formula is C15H11Cl4N3O. The van der Waals surface area contributed by atoms with Gasteiger partial charge in [0, 0.05) is 16.1 Å². The SMILES string of the molecule is Cl.NC1N=C(c2c(Cl)cc(Cl)cc2Cl)c2ccccc2NC1=O. The van der Waals surface area contributed by atoms with Crippen molar-refractivity contribution in [2.75, 3.05) is 5.32 Å². The Morgan fingerprint density at radius 2 is 1.70 bits per heavy atom. The average Bonchev–Trinajstić information content (AvgIpc) is 2.56. The molecule has 2 aromatic carbocycles. The van der Waals surface area contributed by atoms with E-state index in [-0.39, 0.29) is 12.4 Å². The van der Waals surface area contributed by atoms with Crippen LogP contribution >= 0.6 is 47.2 Å². The zero-order valence-electron chi connectivity index (χ0n) is 11.5. The monoisotopic (exact) mass is 389 g/mol. The van der Waals surface area contributed by atoms with Crippen LogP contribution < -0.4 is 11.1 Å². The number of benzene rings is 2. The lowest BCUT2D eigenvalue weighted by atomic mass is 10.0. The van der Waals surface area contributed by atoms with Gasteiger partial charge in [0.05, 0.1) is 21.4 Å². The molecule has 3 rings (SSSR count). The highest BCUT2D eigenvalue weighted by Gasteiger charge is 2.25. The van der Waals surface area contributed by atoms with Crippen molar-refractivity contribution in [2.24, 2.45) is 10.7 Å². The van der Waals surface area contributed by atoms with Crippen LogP contribution in [0.5, 0.6) is 0 Å². The van der Waals surface area contributed by atoms with E-state index in [0.717, 1.165) is 0 Å². The topological polar surface area (TPSA) is 67.5 Å². The summed E-state index contributed by atoms with van der Waals surface area (Å²) < 4.78 is 0. The molecule has 3 N–H and O–H groups in total. The number of hydrogen-bond acceptors (Lipinski definition) is 3. The fraction of sp³-hybridized carbons (Fsp3) is 0.0667. The zero-order valence-corrected chi connectivity index (χ0v) is 14.6. The molecule has 0 fully saturated rings. The van der Waals surface area contributed by atoms with Gasteiger partial charge in [-0.15, -0.1) is 12.4 Å². The number of rotatable bonds is 1. The quantitative estimate of drug-likeness (QED) is 0.768. The molecule has 0 saturated carbocycles. The van der Waals surface area contributed by atoms with Crippen molar-refractivity contribution in [1.82, 2.24) is 0 Å². The Hall–Kier alpha value is -1.30. The van der Waals surface area contributed by atoms with Gasteiger partial charge >= 0.3 is 0 Å². The minimum atomic E-state index is -1.05. The van der Waals surface area contributed by atoms with Gasteiger partial charge in [-0.2, -0.15) is 0 Å². The Bertz CT molecular complexity index is 784. The van der Waals surface area contributed by atoms with Gasteiger partial charge in [-0.25, -0.2) is 0 Å². The van der Waals surface area contributed by atoms with Crippen molar-refractivity contribution in [3.8, 4) is 0 Å². The minimum Gasteiger partial charge on any atom is -0.322 e. The third-order valence-corrected chi connectivity index (χ3v) is 4.03. The number of carbonyl (C=O) groups excluding carboxylic acids is 1. The van der Waals surface area contributed by atoms with Gasteiger partial charge in [-0.1, -0.05) is 53.0 Å². The standard InChI is InChI=1S/C15H10Cl3N3O.ClH/c16-7-5-9(17)12(10(18)6-7)13-8-3-1-2-4-11(8)20-15(22)14(19)21-13;/h1-6,14H,19H2,(H,20,22);1H. The molecule has 0 saturated heterocycles. The summed E-state index contributed by atoms with van der Waals surface area (Å²) in [4.78, 5) is 16.2. The van der Waals surface area contributed by atoms with Crippen LogP contribution in [0.2, 0.25) is 15.1 Å². The van der Waals surface area contributed by atoms with Crippen molar-refractivity contribution in [3.05, 3.63) is 62.6 Å². The molecule has 8 heteroatoms. The van der Waals surface area contributed by atoms with Crippen LogP contribution in [0.15, 0.2) is 41.4 Å². The number of nitrogens with one attached hydrogen (secondary N) is 1. The third-order valence-electron chi connectivity index (χ3n) is 3.22. The number of aliphatic imine (C=N–C) groups is 1. The van der Waals surface area contributed by atoms with Crippen LogP contribution in [-0.2, 0) is 4.79 Å². The second-order valence-corrected chi connectivity index (χ2v) is 5.95. The maximum Gasteiger partial charge on any atom is 0.263 e. The molecule has 0 spiro atoms. The summed E-state index contributed by atoms with van der Waals surface area (Å²) in [5.41, 5.74) is 8.04. The summed E-state index contributed by atoms with van der Waals surface area (Å²) in [6.07, 6.45) is -1.05. The predicted molar refractivity (Wildman–Crippen MR) is 97.4 cm³/mol. The minimum absolute atomic E-state index is 0. The molecule has 0 aliphatic carbocycles. The van der Waals surface area contributed by atoms with Gasteiger partial charge < -0.3 is 11.1 Å². The number of carbonyl (C=O) groups is 1. The first-order valence-corrected chi connectivity index (χ1v) is 7.49. The van der Waals surface area contributed by atoms with Crippen LogP contribution in [0.1, 0.15) is 11.1 Å². The summed E-state index contributed by atoms with van der Waals surface area (Å²) >= 11 is 18.5. The van der Waals surface area contributed by atoms with E-state index in [0.29, 0.717) is 37.6 Å². The number of nitrogens with zero attached hydrogens (tertiary/aromatic N) is 1. The molecule has 4 nitrogen and oxygen atoms in total. The number of benzodiazepines with no additional fused rings is 1. The number of hydrogen-bond donors (Lipinski definition) is 2. The smallest absolute Gasteiger partial charge is 0.263 e. The van der Waals surface area contributed by atoms with E-state index in [4.69, 9.17) is 40.5 Å². The van der Waals surface area contributed by atoms with E-state index in [2.05, 4.69) is 10.3 Å². The van der Waals surface area contributed by atoms with Gasteiger partial charge in [-0.05, 0) is 18.2 Å². The summed E-state index contributed by atoms with van der Waals surface area (Å²) in [5, 5.41) is 3.83. The number of fused-ring (bicyclic) bond motifs is 1. The summed E-state index contributed by atoms with van der Waals surface area (Å²) in [5.74, 6) is -0.399. The lowest BCUT2D eigenvalue weighted by molar-refractivity contribution is -0.117. The largest absolute Gasteiger partial charge is 0.322 e. The van der Waals surface area contributed by atoms with E-state index < -0.39 is 12.1 Å². The number of halogens is 4. The summed E-state index contributed by atoms with van der Waals surface area (Å²) in [6.45, 7) is 0. The molecule has 0 bridgehead atoms. The second-order valence-electron chi connectivity index (χ2n) is 4.70. The Balaban J connectivity index is 0.00000192. The Morgan fingerprint density at radius 3 is 2.35 bits per heavy atom. The highest BCUT2D eigenvalue weighted by atomic mass is 35.5. The predicted octanol–water partition coefficient (Wildman–Crippen LogP) is 4.14. The Labute approximate surface area is 154 Å². The molecule has 1 atom stereocenters. The molecule has 0 radical (unpaired) electrons. The highest BCUT2D eigenvalue weighted by molar-refractivity contribution is 6.44. The second kappa shape index (κ2) is 7.07. The average molecular weight is 391 g/mol. The van der Waals surface area contributed by atoms with Gasteiger partial charge in [0.2, 0.25) is 0 Å². The molecule has 1 unspecified atom stereocenters. The van der Waals surface area contributed by atoms with Gasteiger partial charge in [0.1, 0.15) is 0 Å².